The van der Waals surface area contributed by atoms with Gasteiger partial charge in [0, 0.05) is 50.1 Å². The second kappa shape index (κ2) is 6.95. The van der Waals surface area contributed by atoms with E-state index >= 15 is 0 Å². The highest BCUT2D eigenvalue weighted by Gasteiger charge is 2.18. The van der Waals surface area contributed by atoms with Gasteiger partial charge in [-0.05, 0) is 19.1 Å². The molecule has 1 amide bonds. The van der Waals surface area contributed by atoms with Crippen molar-refractivity contribution in [1.82, 2.24) is 14.7 Å². The molecule has 1 aromatic carbocycles. The van der Waals surface area contributed by atoms with Gasteiger partial charge in [0.2, 0.25) is 0 Å². The van der Waals surface area contributed by atoms with Crippen LogP contribution < -0.4 is 10.9 Å². The molecule has 7 nitrogen and oxygen atoms in total. The van der Waals surface area contributed by atoms with Crippen LogP contribution in [0.5, 0.6) is 0 Å². The third-order valence-corrected chi connectivity index (χ3v) is 4.23. The van der Waals surface area contributed by atoms with Crippen molar-refractivity contribution in [3.05, 3.63) is 58.0 Å². The number of hydrogen-bond donors (Lipinski definition) is 1. The van der Waals surface area contributed by atoms with Crippen LogP contribution in [0, 0.1) is 0 Å². The number of amides is 1. The monoisotopic (exact) mass is 351 g/mol. The van der Waals surface area contributed by atoms with Crippen LogP contribution in [0.15, 0.2) is 57.5 Å². The Morgan fingerprint density at radius 3 is 2.46 bits per heavy atom. The molecule has 1 atom stereocenters. The highest BCUT2D eigenvalue weighted by atomic mass is 16.1. The smallest absolute Gasteiger partial charge is 0.274 e. The zero-order chi connectivity index (χ0) is 18.8. The number of carbonyl (C=O) groups excluding carboxylic acids is 1. The van der Waals surface area contributed by atoms with E-state index < -0.39 is 0 Å². The zero-order valence-electron chi connectivity index (χ0n) is 15.2. The van der Waals surface area contributed by atoms with Gasteiger partial charge in [0.25, 0.3) is 11.5 Å². The normalized spacial score (nSPS) is 16.7. The third kappa shape index (κ3) is 3.28. The zero-order valence-corrected chi connectivity index (χ0v) is 15.2. The van der Waals surface area contributed by atoms with E-state index in [0.717, 1.165) is 16.7 Å². The molecule has 7 heteroatoms. The summed E-state index contributed by atoms with van der Waals surface area (Å²) in [5.41, 5.74) is 1.67. The van der Waals surface area contributed by atoms with E-state index in [-0.39, 0.29) is 17.5 Å². The molecule has 0 radical (unpaired) electrons. The minimum absolute atomic E-state index is 0.127. The largest absolute Gasteiger partial charge is 0.379 e. The molecule has 2 aromatic rings. The van der Waals surface area contributed by atoms with Crippen LogP contribution >= 0.6 is 0 Å². The average molecular weight is 351 g/mol. The summed E-state index contributed by atoms with van der Waals surface area (Å²) in [4.78, 5) is 29.4. The highest BCUT2D eigenvalue weighted by molar-refractivity contribution is 6.03. The van der Waals surface area contributed by atoms with Crippen LogP contribution in [-0.2, 0) is 11.8 Å². The molecular weight excluding hydrogens is 330 g/mol. The standard InChI is InChI=1S/C19H21N5O2/c1-12(17(23(2)3)13-9-10-16(25)20-11-13)21-18-14-7-5-6-8-15(14)19(26)24(4)22-18/h5-12H,1-4H3,(H,21,22)/b17-13+/t12-/m0/s1. The number of fused-ring (bicyclic) bond motifs is 1. The topological polar surface area (TPSA) is 79.6 Å². The first-order valence-corrected chi connectivity index (χ1v) is 8.28. The molecule has 134 valence electrons. The number of carbonyl (C=O) groups is 1. The van der Waals surface area contributed by atoms with Crippen LogP contribution in [0.25, 0.3) is 10.8 Å². The van der Waals surface area contributed by atoms with Crippen molar-refractivity contribution in [2.45, 2.75) is 13.0 Å². The SMILES string of the molecule is C[C@H](Nc1nn(C)c(=O)c2ccccc12)/C(=C1/C=CC(=O)N=C1)N(C)C. The number of hydrogen-bond acceptors (Lipinski definition) is 5. The summed E-state index contributed by atoms with van der Waals surface area (Å²) in [5, 5.41) is 9.16. The Morgan fingerprint density at radius 1 is 1.15 bits per heavy atom. The van der Waals surface area contributed by atoms with Gasteiger partial charge in [-0.3, -0.25) is 9.59 Å². The molecule has 0 unspecified atom stereocenters. The second-order valence-electron chi connectivity index (χ2n) is 6.35. The van der Waals surface area contributed by atoms with Crippen molar-refractivity contribution in [3.8, 4) is 0 Å². The number of anilines is 1. The number of likely N-dealkylation sites (N-methyl/N-ethyl adjacent to an activating group) is 1. The Morgan fingerprint density at radius 2 is 1.85 bits per heavy atom. The van der Waals surface area contributed by atoms with Crippen LogP contribution in [0.3, 0.4) is 0 Å². The lowest BCUT2D eigenvalue weighted by Crippen LogP contribution is -2.31. The maximum atomic E-state index is 12.3. The first-order chi connectivity index (χ1) is 12.4. The molecule has 3 rings (SSSR count). The van der Waals surface area contributed by atoms with Crippen LogP contribution in [0.1, 0.15) is 6.92 Å². The maximum Gasteiger partial charge on any atom is 0.274 e. The predicted octanol–water partition coefficient (Wildman–Crippen LogP) is 1.72. The number of benzene rings is 1. The molecule has 0 aliphatic carbocycles. The van der Waals surface area contributed by atoms with Gasteiger partial charge >= 0.3 is 0 Å². The summed E-state index contributed by atoms with van der Waals surface area (Å²) in [5.74, 6) is 0.362. The van der Waals surface area contributed by atoms with E-state index in [0.29, 0.717) is 11.2 Å². The molecule has 0 bridgehead atoms. The number of aromatic nitrogens is 2. The molecule has 26 heavy (non-hydrogen) atoms. The average Bonchev–Trinajstić information content (AvgIpc) is 2.61. The molecule has 1 aromatic heterocycles. The molecule has 2 heterocycles. The van der Waals surface area contributed by atoms with E-state index in [1.807, 2.05) is 44.1 Å². The molecule has 0 saturated carbocycles. The van der Waals surface area contributed by atoms with Gasteiger partial charge < -0.3 is 10.2 Å². The Labute approximate surface area is 151 Å². The van der Waals surface area contributed by atoms with Gasteiger partial charge in [0.05, 0.1) is 11.4 Å². The summed E-state index contributed by atoms with van der Waals surface area (Å²) in [6.07, 6.45) is 4.78. The quantitative estimate of drug-likeness (QED) is 0.907. The fraction of sp³-hybridized carbons (Fsp3) is 0.263. The summed E-state index contributed by atoms with van der Waals surface area (Å²) >= 11 is 0. The van der Waals surface area contributed by atoms with Crippen LogP contribution in [0.2, 0.25) is 0 Å². The van der Waals surface area contributed by atoms with Crippen LogP contribution in [-0.4, -0.2) is 46.9 Å². The Balaban J connectivity index is 2.04. The van der Waals surface area contributed by atoms with Gasteiger partial charge in [0.15, 0.2) is 5.82 Å². The minimum Gasteiger partial charge on any atom is -0.379 e. The lowest BCUT2D eigenvalue weighted by atomic mass is 10.1. The van der Waals surface area contributed by atoms with Crippen LogP contribution in [0.4, 0.5) is 5.82 Å². The fourth-order valence-corrected chi connectivity index (χ4v) is 3.11. The fourth-order valence-electron chi connectivity index (χ4n) is 3.11. The van der Waals surface area contributed by atoms with Gasteiger partial charge in [-0.1, -0.05) is 18.2 Å². The van der Waals surface area contributed by atoms with E-state index in [9.17, 15) is 9.59 Å². The summed E-state index contributed by atoms with van der Waals surface area (Å²) in [6, 6.07) is 7.26. The summed E-state index contributed by atoms with van der Waals surface area (Å²) < 4.78 is 1.33. The number of aliphatic imine (C=N–C) groups is 1. The molecule has 1 aliphatic heterocycles. The lowest BCUT2D eigenvalue weighted by Gasteiger charge is -2.27. The predicted molar refractivity (Wildman–Crippen MR) is 103 cm³/mol. The summed E-state index contributed by atoms with van der Waals surface area (Å²) in [7, 11) is 5.51. The number of rotatable bonds is 4. The number of nitrogens with zero attached hydrogens (tertiary/aromatic N) is 4. The van der Waals surface area contributed by atoms with Crippen molar-refractivity contribution in [1.29, 1.82) is 0 Å². The van der Waals surface area contributed by atoms with E-state index in [1.54, 1.807) is 25.4 Å². The van der Waals surface area contributed by atoms with E-state index in [4.69, 9.17) is 0 Å². The van der Waals surface area contributed by atoms with E-state index in [2.05, 4.69) is 15.4 Å². The molecule has 1 aliphatic rings. The first kappa shape index (κ1) is 17.6. The van der Waals surface area contributed by atoms with Gasteiger partial charge in [-0.15, -0.1) is 0 Å². The Kier molecular flexibility index (Phi) is 4.71. The molecule has 0 fully saturated rings. The number of allylic oxidation sites excluding steroid dienone is 2. The molecular formula is C19H21N5O2. The van der Waals surface area contributed by atoms with Crippen molar-refractivity contribution in [2.75, 3.05) is 19.4 Å². The van der Waals surface area contributed by atoms with Gasteiger partial charge in [-0.2, -0.15) is 5.10 Å². The molecule has 0 saturated heterocycles. The van der Waals surface area contributed by atoms with Gasteiger partial charge in [-0.25, -0.2) is 9.67 Å². The van der Waals surface area contributed by atoms with Crippen molar-refractivity contribution < 1.29 is 4.79 Å². The number of nitrogens with one attached hydrogen (secondary N) is 1. The molecule has 0 spiro atoms. The van der Waals surface area contributed by atoms with Crippen molar-refractivity contribution in [2.24, 2.45) is 12.0 Å². The number of dihydropyridines is 1. The second-order valence-corrected chi connectivity index (χ2v) is 6.35. The Bertz CT molecular complexity index is 996. The summed E-state index contributed by atoms with van der Waals surface area (Å²) in [6.45, 7) is 2.00. The lowest BCUT2D eigenvalue weighted by molar-refractivity contribution is -0.113. The van der Waals surface area contributed by atoms with E-state index in [1.165, 1.54) is 10.8 Å². The molecule has 1 N–H and O–H groups in total. The minimum atomic E-state index is -0.266. The highest BCUT2D eigenvalue weighted by Crippen LogP contribution is 2.22. The third-order valence-electron chi connectivity index (χ3n) is 4.23. The Hall–Kier alpha value is -3.22. The first-order valence-electron chi connectivity index (χ1n) is 8.28. The van der Waals surface area contributed by atoms with Gasteiger partial charge in [0.1, 0.15) is 0 Å². The van der Waals surface area contributed by atoms with Crippen molar-refractivity contribution >= 4 is 28.7 Å². The number of aryl methyl sites for hydroxylation is 1. The maximum absolute atomic E-state index is 12.3. The van der Waals surface area contributed by atoms with Crippen molar-refractivity contribution in [3.63, 3.8) is 0 Å².